The lowest BCUT2D eigenvalue weighted by Gasteiger charge is -2.08. The summed E-state index contributed by atoms with van der Waals surface area (Å²) in [6.07, 6.45) is 2.16. The molecule has 0 aliphatic carbocycles. The first-order chi connectivity index (χ1) is 7.40. The maximum Gasteiger partial charge on any atom is 0.156 e. The van der Waals surface area contributed by atoms with Gasteiger partial charge in [0.05, 0.1) is 5.69 Å². The van der Waals surface area contributed by atoms with Crippen molar-refractivity contribution >= 4 is 21.2 Å². The van der Waals surface area contributed by atoms with Gasteiger partial charge >= 0.3 is 0 Å². The van der Waals surface area contributed by atoms with Gasteiger partial charge in [-0.15, -0.1) is 11.3 Å². The van der Waals surface area contributed by atoms with Crippen LogP contribution in [0.1, 0.15) is 42.1 Å². The summed E-state index contributed by atoms with van der Waals surface area (Å²) in [6.45, 7) is 4.27. The minimum absolute atomic E-state index is 0.233. The van der Waals surface area contributed by atoms with Gasteiger partial charge < -0.3 is 5.73 Å². The number of rotatable bonds is 5. The highest BCUT2D eigenvalue weighted by Gasteiger charge is 2.22. The van der Waals surface area contributed by atoms with Crippen LogP contribution in [0.15, 0.2) is 5.38 Å². The molecule has 0 aliphatic rings. The Bertz CT molecular complexity index is 435. The molecule has 6 heteroatoms. The van der Waals surface area contributed by atoms with E-state index in [9.17, 15) is 8.42 Å². The topological polar surface area (TPSA) is 73.1 Å². The molecule has 0 spiro atoms. The van der Waals surface area contributed by atoms with Crippen molar-refractivity contribution in [2.45, 2.75) is 31.4 Å². The Balaban J connectivity index is 2.95. The molecule has 1 aromatic rings. The average Bonchev–Trinajstić information content (AvgIpc) is 2.66. The first-order valence-corrected chi connectivity index (χ1v) is 8.07. The summed E-state index contributed by atoms with van der Waals surface area (Å²) in [7, 11) is -3.07. The predicted octanol–water partition coefficient (Wildman–Crippen LogP) is 1.70. The Morgan fingerprint density at radius 3 is 2.62 bits per heavy atom. The summed E-state index contributed by atoms with van der Waals surface area (Å²) in [5.74, 6) is 0.233. The largest absolute Gasteiger partial charge is 0.330 e. The Labute approximate surface area is 101 Å². The number of sulfone groups is 1. The highest BCUT2D eigenvalue weighted by molar-refractivity contribution is 7.91. The zero-order valence-corrected chi connectivity index (χ0v) is 11.4. The number of thiazole rings is 1. The van der Waals surface area contributed by atoms with Crippen LogP contribution in [0.5, 0.6) is 0 Å². The molecule has 16 heavy (non-hydrogen) atoms. The van der Waals surface area contributed by atoms with Crippen LogP contribution < -0.4 is 5.73 Å². The first kappa shape index (κ1) is 13.6. The van der Waals surface area contributed by atoms with Gasteiger partial charge in [-0.2, -0.15) is 0 Å². The Morgan fingerprint density at radius 2 is 2.19 bits per heavy atom. The summed E-state index contributed by atoms with van der Waals surface area (Å²) in [4.78, 5) is 4.38. The molecule has 0 saturated carbocycles. The Morgan fingerprint density at radius 1 is 1.56 bits per heavy atom. The van der Waals surface area contributed by atoms with E-state index in [1.54, 1.807) is 6.92 Å². The molecule has 2 atom stereocenters. The minimum atomic E-state index is -3.07. The van der Waals surface area contributed by atoms with Crippen molar-refractivity contribution < 1.29 is 8.42 Å². The Hall–Kier alpha value is -0.460. The number of aromatic nitrogens is 1. The van der Waals surface area contributed by atoms with Crippen molar-refractivity contribution in [2.75, 3.05) is 12.8 Å². The van der Waals surface area contributed by atoms with E-state index in [0.717, 1.165) is 12.1 Å². The van der Waals surface area contributed by atoms with E-state index in [2.05, 4.69) is 11.9 Å². The van der Waals surface area contributed by atoms with Crippen molar-refractivity contribution in [2.24, 2.45) is 5.73 Å². The van der Waals surface area contributed by atoms with Gasteiger partial charge in [-0.25, -0.2) is 13.4 Å². The van der Waals surface area contributed by atoms with Crippen molar-refractivity contribution in [1.82, 2.24) is 4.98 Å². The molecule has 0 aliphatic heterocycles. The molecule has 92 valence electrons. The van der Waals surface area contributed by atoms with Crippen molar-refractivity contribution in [3.8, 4) is 0 Å². The fourth-order valence-electron chi connectivity index (χ4n) is 1.35. The summed E-state index contributed by atoms with van der Waals surface area (Å²) in [5.41, 5.74) is 6.55. The number of nitrogens with zero attached hydrogens (tertiary/aromatic N) is 1. The van der Waals surface area contributed by atoms with Crippen LogP contribution >= 0.6 is 11.3 Å². The summed E-state index contributed by atoms with van der Waals surface area (Å²) >= 11 is 1.40. The van der Waals surface area contributed by atoms with E-state index in [1.807, 2.05) is 5.38 Å². The summed E-state index contributed by atoms with van der Waals surface area (Å²) in [5, 5.41) is 2.05. The molecule has 1 rings (SSSR count). The molecule has 0 bridgehead atoms. The fraction of sp³-hybridized carbons (Fsp3) is 0.700. The second kappa shape index (κ2) is 5.25. The van der Waals surface area contributed by atoms with E-state index in [1.165, 1.54) is 17.6 Å². The second-order valence-electron chi connectivity index (χ2n) is 3.92. The SMILES string of the molecule is CCC(CN)c1csc(C(C)S(C)(=O)=O)n1. The van der Waals surface area contributed by atoms with Crippen LogP contribution in [0.25, 0.3) is 0 Å². The number of hydrogen-bond acceptors (Lipinski definition) is 5. The van der Waals surface area contributed by atoms with E-state index in [0.29, 0.717) is 11.6 Å². The van der Waals surface area contributed by atoms with Crippen LogP contribution in [0.3, 0.4) is 0 Å². The van der Waals surface area contributed by atoms with Gasteiger partial charge in [-0.3, -0.25) is 0 Å². The van der Waals surface area contributed by atoms with E-state index < -0.39 is 15.1 Å². The van der Waals surface area contributed by atoms with Gasteiger partial charge in [0, 0.05) is 24.1 Å². The lowest BCUT2D eigenvalue weighted by atomic mass is 10.0. The minimum Gasteiger partial charge on any atom is -0.330 e. The van der Waals surface area contributed by atoms with Crippen LogP contribution in [-0.4, -0.2) is 26.2 Å². The average molecular weight is 262 g/mol. The third-order valence-electron chi connectivity index (χ3n) is 2.73. The number of nitrogens with two attached hydrogens (primary N) is 1. The standard InChI is InChI=1S/C10H18N2O2S2/c1-4-8(5-11)9-6-15-10(12-9)7(2)16(3,13)14/h6-8H,4-5,11H2,1-3H3. The third kappa shape index (κ3) is 3.02. The van der Waals surface area contributed by atoms with Crippen LogP contribution in [-0.2, 0) is 9.84 Å². The molecular formula is C10H18N2O2S2. The first-order valence-electron chi connectivity index (χ1n) is 5.24. The molecule has 0 amide bonds. The van der Waals surface area contributed by atoms with Gasteiger partial charge in [-0.1, -0.05) is 6.92 Å². The summed E-state index contributed by atoms with van der Waals surface area (Å²) in [6, 6.07) is 0. The Kier molecular flexibility index (Phi) is 4.46. The molecular weight excluding hydrogens is 244 g/mol. The maximum absolute atomic E-state index is 11.4. The number of hydrogen-bond donors (Lipinski definition) is 1. The van der Waals surface area contributed by atoms with Crippen molar-refractivity contribution in [1.29, 1.82) is 0 Å². The zero-order chi connectivity index (χ0) is 12.3. The normalized spacial score (nSPS) is 16.0. The lowest BCUT2D eigenvalue weighted by molar-refractivity contribution is 0.591. The van der Waals surface area contributed by atoms with Crippen LogP contribution in [0.4, 0.5) is 0 Å². The quantitative estimate of drug-likeness (QED) is 0.876. The molecule has 0 fully saturated rings. The third-order valence-corrected chi connectivity index (χ3v) is 5.43. The summed E-state index contributed by atoms with van der Waals surface area (Å²) < 4.78 is 22.8. The van der Waals surface area contributed by atoms with E-state index in [4.69, 9.17) is 5.73 Å². The molecule has 1 aromatic heterocycles. The van der Waals surface area contributed by atoms with Gasteiger partial charge in [0.1, 0.15) is 10.3 Å². The molecule has 0 radical (unpaired) electrons. The molecule has 1 heterocycles. The molecule has 0 saturated heterocycles. The predicted molar refractivity (Wildman–Crippen MR) is 67.5 cm³/mol. The van der Waals surface area contributed by atoms with Crippen molar-refractivity contribution in [3.05, 3.63) is 16.1 Å². The molecule has 2 N–H and O–H groups in total. The lowest BCUT2D eigenvalue weighted by Crippen LogP contribution is -2.12. The molecule has 4 nitrogen and oxygen atoms in total. The van der Waals surface area contributed by atoms with Crippen molar-refractivity contribution in [3.63, 3.8) is 0 Å². The monoisotopic (exact) mass is 262 g/mol. The van der Waals surface area contributed by atoms with Crippen LogP contribution in [0, 0.1) is 0 Å². The highest BCUT2D eigenvalue weighted by Crippen LogP contribution is 2.28. The smallest absolute Gasteiger partial charge is 0.156 e. The van der Waals surface area contributed by atoms with Gasteiger partial charge in [0.25, 0.3) is 0 Å². The van der Waals surface area contributed by atoms with Gasteiger partial charge in [0.15, 0.2) is 9.84 Å². The maximum atomic E-state index is 11.4. The van der Waals surface area contributed by atoms with E-state index >= 15 is 0 Å². The fourth-order valence-corrected chi connectivity index (χ4v) is 3.30. The highest BCUT2D eigenvalue weighted by atomic mass is 32.2. The zero-order valence-electron chi connectivity index (χ0n) is 9.80. The molecule has 0 aromatic carbocycles. The van der Waals surface area contributed by atoms with Gasteiger partial charge in [-0.05, 0) is 13.3 Å². The molecule has 2 unspecified atom stereocenters. The second-order valence-corrected chi connectivity index (χ2v) is 7.18. The van der Waals surface area contributed by atoms with E-state index in [-0.39, 0.29) is 5.92 Å². The van der Waals surface area contributed by atoms with Gasteiger partial charge in [0.2, 0.25) is 0 Å². The van der Waals surface area contributed by atoms with Crippen LogP contribution in [0.2, 0.25) is 0 Å².